The van der Waals surface area contributed by atoms with E-state index in [4.69, 9.17) is 4.74 Å². The fourth-order valence-electron chi connectivity index (χ4n) is 1.99. The molecule has 10 heteroatoms. The third kappa shape index (κ3) is 3.10. The van der Waals surface area contributed by atoms with Crippen molar-refractivity contribution >= 4 is 5.91 Å². The van der Waals surface area contributed by atoms with Crippen LogP contribution in [-0.4, -0.2) is 39.0 Å². The van der Waals surface area contributed by atoms with Crippen molar-refractivity contribution in [3.63, 3.8) is 0 Å². The number of carbonyl (C=O) groups excluding carboxylic acids is 1. The molecule has 0 saturated heterocycles. The molecule has 0 radical (unpaired) electrons. The highest BCUT2D eigenvalue weighted by Gasteiger charge is 2.41. The zero-order valence-corrected chi connectivity index (χ0v) is 12.0. The van der Waals surface area contributed by atoms with Gasteiger partial charge in [-0.2, -0.15) is 18.3 Å². The standard InChI is InChI=1S/C13H12F3N5O2/c1-23-10-5-4-9(19-20-10)21-11(13(14,15)16)8(6-17-21)12(22)18-7-2-3-7/h4-7H,2-3H2,1H3,(H,18,22). The van der Waals surface area contributed by atoms with Crippen molar-refractivity contribution < 1.29 is 22.7 Å². The van der Waals surface area contributed by atoms with Crippen LogP contribution >= 0.6 is 0 Å². The highest BCUT2D eigenvalue weighted by molar-refractivity contribution is 5.95. The number of carbonyl (C=O) groups is 1. The van der Waals surface area contributed by atoms with Gasteiger partial charge in [0.1, 0.15) is 0 Å². The zero-order valence-electron chi connectivity index (χ0n) is 12.0. The Hall–Kier alpha value is -2.65. The third-order valence-electron chi connectivity index (χ3n) is 3.25. The van der Waals surface area contributed by atoms with E-state index in [-0.39, 0.29) is 17.7 Å². The topological polar surface area (TPSA) is 81.9 Å². The molecule has 0 spiro atoms. The van der Waals surface area contributed by atoms with E-state index >= 15 is 0 Å². The van der Waals surface area contributed by atoms with Crippen LogP contribution in [-0.2, 0) is 6.18 Å². The van der Waals surface area contributed by atoms with E-state index in [1.165, 1.54) is 19.2 Å². The zero-order chi connectivity index (χ0) is 16.6. The van der Waals surface area contributed by atoms with Gasteiger partial charge in [-0.15, -0.1) is 10.2 Å². The minimum absolute atomic E-state index is 0.0623. The molecule has 1 amide bonds. The highest BCUT2D eigenvalue weighted by Crippen LogP contribution is 2.33. The lowest BCUT2D eigenvalue weighted by Gasteiger charge is -2.12. The Labute approximate surface area is 128 Å². The molecule has 0 bridgehead atoms. The van der Waals surface area contributed by atoms with Gasteiger partial charge in [0.2, 0.25) is 5.88 Å². The molecule has 1 saturated carbocycles. The van der Waals surface area contributed by atoms with E-state index in [9.17, 15) is 18.0 Å². The molecule has 1 aliphatic carbocycles. The number of nitrogens with zero attached hydrogens (tertiary/aromatic N) is 4. The smallest absolute Gasteiger partial charge is 0.434 e. The van der Waals surface area contributed by atoms with Gasteiger partial charge in [-0.1, -0.05) is 0 Å². The maximum atomic E-state index is 13.4. The fraction of sp³-hybridized carbons (Fsp3) is 0.385. The van der Waals surface area contributed by atoms with Gasteiger partial charge in [0.05, 0.1) is 18.9 Å². The van der Waals surface area contributed by atoms with E-state index in [0.29, 0.717) is 4.68 Å². The first kappa shape index (κ1) is 15.3. The third-order valence-corrected chi connectivity index (χ3v) is 3.25. The van der Waals surface area contributed by atoms with Crippen molar-refractivity contribution in [1.29, 1.82) is 0 Å². The van der Waals surface area contributed by atoms with Gasteiger partial charge < -0.3 is 10.1 Å². The molecule has 2 aromatic heterocycles. The Balaban J connectivity index is 2.02. The Morgan fingerprint density at radius 1 is 1.35 bits per heavy atom. The average Bonchev–Trinajstić information content (AvgIpc) is 3.19. The van der Waals surface area contributed by atoms with Gasteiger partial charge in [-0.25, -0.2) is 4.68 Å². The normalized spacial score (nSPS) is 14.6. The second kappa shape index (κ2) is 5.52. The molecule has 1 aliphatic rings. The predicted octanol–water partition coefficient (Wildman–Crippen LogP) is 1.58. The number of amides is 1. The molecule has 7 nitrogen and oxygen atoms in total. The van der Waals surface area contributed by atoms with Crippen LogP contribution in [0.4, 0.5) is 13.2 Å². The van der Waals surface area contributed by atoms with Crippen molar-refractivity contribution in [3.8, 4) is 11.7 Å². The van der Waals surface area contributed by atoms with E-state index in [0.717, 1.165) is 19.0 Å². The number of aromatic nitrogens is 4. The molecule has 1 N–H and O–H groups in total. The number of rotatable bonds is 4. The number of ether oxygens (including phenoxy) is 1. The predicted molar refractivity (Wildman–Crippen MR) is 71.2 cm³/mol. The second-order valence-corrected chi connectivity index (χ2v) is 5.00. The van der Waals surface area contributed by atoms with Gasteiger partial charge in [-0.05, 0) is 18.9 Å². The maximum absolute atomic E-state index is 13.4. The van der Waals surface area contributed by atoms with Crippen LogP contribution in [0.5, 0.6) is 5.88 Å². The SMILES string of the molecule is COc1ccc(-n2ncc(C(=O)NC3CC3)c2C(F)(F)F)nn1. The summed E-state index contributed by atoms with van der Waals surface area (Å²) in [5.41, 5.74) is -1.72. The number of alkyl halides is 3. The van der Waals surface area contributed by atoms with Crippen LogP contribution in [0.15, 0.2) is 18.3 Å². The summed E-state index contributed by atoms with van der Waals surface area (Å²) < 4.78 is 45.5. The molecule has 0 aliphatic heterocycles. The van der Waals surface area contributed by atoms with Gasteiger partial charge in [0.15, 0.2) is 11.5 Å². The number of hydrogen-bond donors (Lipinski definition) is 1. The lowest BCUT2D eigenvalue weighted by Crippen LogP contribution is -2.28. The van der Waals surface area contributed by atoms with E-state index in [1.807, 2.05) is 0 Å². The second-order valence-electron chi connectivity index (χ2n) is 5.00. The van der Waals surface area contributed by atoms with Crippen LogP contribution in [0.25, 0.3) is 5.82 Å². The van der Waals surface area contributed by atoms with Gasteiger partial charge in [-0.3, -0.25) is 4.79 Å². The van der Waals surface area contributed by atoms with E-state index < -0.39 is 23.3 Å². The largest absolute Gasteiger partial charge is 0.480 e. The molecule has 1 fully saturated rings. The van der Waals surface area contributed by atoms with Crippen LogP contribution in [0.3, 0.4) is 0 Å². The molecular formula is C13H12F3N5O2. The lowest BCUT2D eigenvalue weighted by molar-refractivity contribution is -0.143. The Kier molecular flexibility index (Phi) is 3.66. The number of halogens is 3. The molecule has 2 aromatic rings. The maximum Gasteiger partial charge on any atom is 0.434 e. The first-order valence-electron chi connectivity index (χ1n) is 6.74. The van der Waals surface area contributed by atoms with Crippen LogP contribution < -0.4 is 10.1 Å². The van der Waals surface area contributed by atoms with Crippen LogP contribution in [0, 0.1) is 0 Å². The lowest BCUT2D eigenvalue weighted by atomic mass is 10.2. The summed E-state index contributed by atoms with van der Waals surface area (Å²) in [6.45, 7) is 0. The fourth-order valence-corrected chi connectivity index (χ4v) is 1.99. The number of methoxy groups -OCH3 is 1. The monoisotopic (exact) mass is 327 g/mol. The van der Waals surface area contributed by atoms with Gasteiger partial charge in [0.25, 0.3) is 5.91 Å². The van der Waals surface area contributed by atoms with Crippen molar-refractivity contribution in [3.05, 3.63) is 29.6 Å². The molecule has 122 valence electrons. The summed E-state index contributed by atoms with van der Waals surface area (Å²) in [5.74, 6) is -0.808. The Bertz CT molecular complexity index is 722. The van der Waals surface area contributed by atoms with Crippen molar-refractivity contribution in [2.24, 2.45) is 0 Å². The molecule has 2 heterocycles. The minimum Gasteiger partial charge on any atom is -0.480 e. The summed E-state index contributed by atoms with van der Waals surface area (Å²) in [4.78, 5) is 12.0. The Morgan fingerprint density at radius 2 is 2.09 bits per heavy atom. The van der Waals surface area contributed by atoms with Crippen LogP contribution in [0.2, 0.25) is 0 Å². The van der Waals surface area contributed by atoms with Crippen LogP contribution in [0.1, 0.15) is 28.9 Å². The molecule has 3 rings (SSSR count). The van der Waals surface area contributed by atoms with Crippen molar-refractivity contribution in [2.75, 3.05) is 7.11 Å². The van der Waals surface area contributed by atoms with Crippen molar-refractivity contribution in [2.45, 2.75) is 25.1 Å². The first-order chi connectivity index (χ1) is 10.9. The molecule has 0 aromatic carbocycles. The molecular weight excluding hydrogens is 315 g/mol. The highest BCUT2D eigenvalue weighted by atomic mass is 19.4. The summed E-state index contributed by atoms with van der Waals surface area (Å²) >= 11 is 0. The number of hydrogen-bond acceptors (Lipinski definition) is 5. The summed E-state index contributed by atoms with van der Waals surface area (Å²) in [6, 6.07) is 2.57. The van der Waals surface area contributed by atoms with Crippen molar-refractivity contribution in [1.82, 2.24) is 25.3 Å². The summed E-state index contributed by atoms with van der Waals surface area (Å²) in [5, 5.41) is 13.4. The molecule has 23 heavy (non-hydrogen) atoms. The summed E-state index contributed by atoms with van der Waals surface area (Å²) in [6.07, 6.45) is -2.35. The minimum atomic E-state index is -4.77. The first-order valence-corrected chi connectivity index (χ1v) is 6.74. The average molecular weight is 327 g/mol. The van der Waals surface area contributed by atoms with Gasteiger partial charge in [0, 0.05) is 12.1 Å². The molecule has 0 atom stereocenters. The van der Waals surface area contributed by atoms with E-state index in [2.05, 4.69) is 20.6 Å². The quantitative estimate of drug-likeness (QED) is 0.922. The number of nitrogens with one attached hydrogen (secondary N) is 1. The molecule has 0 unspecified atom stereocenters. The Morgan fingerprint density at radius 3 is 2.61 bits per heavy atom. The summed E-state index contributed by atoms with van der Waals surface area (Å²) in [7, 11) is 1.36. The van der Waals surface area contributed by atoms with Gasteiger partial charge >= 0.3 is 6.18 Å². The van der Waals surface area contributed by atoms with E-state index in [1.54, 1.807) is 0 Å².